The molecule has 1 fully saturated rings. The van der Waals surface area contributed by atoms with Gasteiger partial charge in [0.1, 0.15) is 6.07 Å². The Hall–Kier alpha value is -2.51. The van der Waals surface area contributed by atoms with E-state index in [0.717, 1.165) is 0 Å². The zero-order valence-electron chi connectivity index (χ0n) is 15.2. The summed E-state index contributed by atoms with van der Waals surface area (Å²) >= 11 is 7.09. The smallest absolute Gasteiger partial charge is 0.303 e. The third-order valence-electron chi connectivity index (χ3n) is 3.47. The topological polar surface area (TPSA) is 125 Å². The second-order valence-corrected chi connectivity index (χ2v) is 7.30. The molecule has 9 nitrogen and oxygen atoms in total. The first-order valence-electron chi connectivity index (χ1n) is 8.06. The summed E-state index contributed by atoms with van der Waals surface area (Å²) in [4.78, 5) is 38.5. The van der Waals surface area contributed by atoms with Crippen molar-refractivity contribution in [3.63, 3.8) is 0 Å². The lowest BCUT2D eigenvalue weighted by molar-refractivity contribution is -0.186. The van der Waals surface area contributed by atoms with E-state index in [9.17, 15) is 19.6 Å². The molecule has 0 aromatic carbocycles. The van der Waals surface area contributed by atoms with Crippen LogP contribution < -0.4 is 4.74 Å². The van der Waals surface area contributed by atoms with Crippen LogP contribution in [0.4, 0.5) is 0 Å². The van der Waals surface area contributed by atoms with Gasteiger partial charge in [-0.25, -0.2) is 4.98 Å². The molecule has 28 heavy (non-hydrogen) atoms. The third-order valence-corrected chi connectivity index (χ3v) is 4.89. The fourth-order valence-corrected chi connectivity index (χ4v) is 3.89. The van der Waals surface area contributed by atoms with Crippen LogP contribution in [0.5, 0.6) is 5.75 Å². The molecule has 0 radical (unpaired) electrons. The molecule has 1 aromatic rings. The number of pyridine rings is 1. The van der Waals surface area contributed by atoms with Gasteiger partial charge in [0, 0.05) is 38.8 Å². The van der Waals surface area contributed by atoms with Gasteiger partial charge in [0.15, 0.2) is 35.2 Å². The van der Waals surface area contributed by atoms with Gasteiger partial charge in [-0.05, 0) is 0 Å². The van der Waals surface area contributed by atoms with Crippen LogP contribution in [0.3, 0.4) is 0 Å². The molecule has 11 heteroatoms. The molecule has 0 unspecified atom stereocenters. The van der Waals surface area contributed by atoms with Crippen molar-refractivity contribution in [2.45, 2.75) is 44.5 Å². The van der Waals surface area contributed by atoms with E-state index < -0.39 is 41.7 Å². The number of ether oxygens (including phenoxy) is 4. The van der Waals surface area contributed by atoms with Crippen molar-refractivity contribution in [3.8, 4) is 11.8 Å². The van der Waals surface area contributed by atoms with Crippen LogP contribution in [-0.4, -0.2) is 52.4 Å². The summed E-state index contributed by atoms with van der Waals surface area (Å²) in [6.07, 6.45) is -1.74. The van der Waals surface area contributed by atoms with E-state index in [0.29, 0.717) is 0 Å². The van der Waals surface area contributed by atoms with E-state index in [4.69, 9.17) is 30.5 Å². The van der Waals surface area contributed by atoms with Crippen molar-refractivity contribution in [1.82, 2.24) is 4.98 Å². The molecule has 1 aliphatic rings. The predicted molar refractivity (Wildman–Crippen MR) is 97.5 cm³/mol. The summed E-state index contributed by atoms with van der Waals surface area (Å²) in [6, 6.07) is 3.28. The Morgan fingerprint density at radius 3 is 2.32 bits per heavy atom. The summed E-state index contributed by atoms with van der Waals surface area (Å²) in [6.45, 7) is 3.58. The third kappa shape index (κ3) is 5.74. The highest BCUT2D eigenvalue weighted by Gasteiger charge is 2.47. The minimum atomic E-state index is -1.10. The molecule has 2 heterocycles. The number of nitrogens with zero attached hydrogens (tertiary/aromatic N) is 2. The molecule has 0 aliphatic carbocycles. The minimum Gasteiger partial charge on any atom is -0.473 e. The second-order valence-electron chi connectivity index (χ2n) is 5.73. The van der Waals surface area contributed by atoms with Crippen molar-refractivity contribution >= 4 is 41.3 Å². The van der Waals surface area contributed by atoms with Gasteiger partial charge >= 0.3 is 17.9 Å². The zero-order chi connectivity index (χ0) is 20.8. The van der Waals surface area contributed by atoms with E-state index in [1.165, 1.54) is 44.8 Å². The lowest BCUT2D eigenvalue weighted by Crippen LogP contribution is -2.55. The molecular formula is C17H17ClN2O7S. The first-order chi connectivity index (χ1) is 13.2. The number of carbonyl (C=O) groups excluding carboxylic acids is 3. The number of thioether (sulfide) groups is 1. The predicted octanol–water partition coefficient (Wildman–Crippen LogP) is 1.85. The van der Waals surface area contributed by atoms with Gasteiger partial charge in [0.2, 0.25) is 0 Å². The Bertz CT molecular complexity index is 813. The van der Waals surface area contributed by atoms with Gasteiger partial charge in [0.05, 0.1) is 5.02 Å². The highest BCUT2D eigenvalue weighted by molar-refractivity contribution is 7.99. The van der Waals surface area contributed by atoms with Crippen LogP contribution >= 0.6 is 23.4 Å². The van der Waals surface area contributed by atoms with Crippen molar-refractivity contribution in [3.05, 3.63) is 23.0 Å². The molecule has 1 aromatic heterocycles. The van der Waals surface area contributed by atoms with Gasteiger partial charge < -0.3 is 18.9 Å². The molecule has 0 saturated carbocycles. The first kappa shape index (κ1) is 21.8. The summed E-state index contributed by atoms with van der Waals surface area (Å²) in [5.74, 6) is -1.58. The average Bonchev–Trinajstić information content (AvgIpc) is 2.59. The van der Waals surface area contributed by atoms with Crippen LogP contribution in [0.1, 0.15) is 26.5 Å². The van der Waals surface area contributed by atoms with Crippen LogP contribution in [0.15, 0.2) is 12.3 Å². The van der Waals surface area contributed by atoms with Crippen LogP contribution in [0.2, 0.25) is 5.02 Å². The molecule has 0 bridgehead atoms. The fourth-order valence-electron chi connectivity index (χ4n) is 2.53. The average molecular weight is 429 g/mol. The number of hydrogen-bond acceptors (Lipinski definition) is 10. The van der Waals surface area contributed by atoms with E-state index >= 15 is 0 Å². The van der Waals surface area contributed by atoms with Gasteiger partial charge in [-0.2, -0.15) is 5.26 Å². The monoisotopic (exact) mass is 428 g/mol. The standard InChI is InChI=1S/C17H17ClN2O7S/c1-8(21)24-14-7-28-17(16(26-10(3)23)15(14)25-9(2)22)27-13-4-11(18)6-20-12(13)5-19/h4,6,14-17H,7H2,1-3H3/t14-,15+,16-,17+/m1/s1. The molecular weight excluding hydrogens is 412 g/mol. The number of esters is 3. The van der Waals surface area contributed by atoms with Crippen LogP contribution in [0.25, 0.3) is 0 Å². The highest BCUT2D eigenvalue weighted by Crippen LogP contribution is 2.35. The summed E-state index contributed by atoms with van der Waals surface area (Å²) in [5.41, 5.74) is -0.884. The molecule has 0 N–H and O–H groups in total. The maximum absolute atomic E-state index is 11.6. The normalized spacial score (nSPS) is 23.8. The molecule has 0 amide bonds. The number of rotatable bonds is 5. The van der Waals surface area contributed by atoms with E-state index in [-0.39, 0.29) is 22.2 Å². The van der Waals surface area contributed by atoms with Gasteiger partial charge in [-0.1, -0.05) is 11.6 Å². The number of halogens is 1. The van der Waals surface area contributed by atoms with Crippen molar-refractivity contribution in [2.24, 2.45) is 0 Å². The van der Waals surface area contributed by atoms with Crippen molar-refractivity contribution < 1.29 is 33.3 Å². The second kappa shape index (κ2) is 9.61. The number of carbonyl (C=O) groups is 3. The van der Waals surface area contributed by atoms with E-state index in [1.807, 2.05) is 6.07 Å². The quantitative estimate of drug-likeness (QED) is 0.506. The Kier molecular flexibility index (Phi) is 7.48. The molecule has 4 atom stereocenters. The summed E-state index contributed by atoms with van der Waals surface area (Å²) < 4.78 is 21.6. The number of aromatic nitrogens is 1. The van der Waals surface area contributed by atoms with Crippen LogP contribution in [-0.2, 0) is 28.6 Å². The van der Waals surface area contributed by atoms with Gasteiger partial charge in [0.25, 0.3) is 0 Å². The maximum atomic E-state index is 11.6. The Balaban J connectivity index is 2.36. The SMILES string of the molecule is CC(=O)O[C@@H]1[C@@H](OC(C)=O)[C@@H](Oc2cc(Cl)cnc2C#N)SC[C@H]1OC(C)=O. The summed E-state index contributed by atoms with van der Waals surface area (Å²) in [5, 5.41) is 9.45. The summed E-state index contributed by atoms with van der Waals surface area (Å²) in [7, 11) is 0. The van der Waals surface area contributed by atoms with Crippen molar-refractivity contribution in [2.75, 3.05) is 5.75 Å². The fraction of sp³-hybridized carbons (Fsp3) is 0.471. The van der Waals surface area contributed by atoms with Crippen molar-refractivity contribution in [1.29, 1.82) is 5.26 Å². The minimum absolute atomic E-state index is 0.0160. The molecule has 0 spiro atoms. The molecule has 1 saturated heterocycles. The highest BCUT2D eigenvalue weighted by atomic mass is 35.5. The Morgan fingerprint density at radius 2 is 1.75 bits per heavy atom. The van der Waals surface area contributed by atoms with Crippen LogP contribution in [0, 0.1) is 11.3 Å². The molecule has 2 rings (SSSR count). The zero-order valence-corrected chi connectivity index (χ0v) is 16.8. The van der Waals surface area contributed by atoms with Gasteiger partial charge in [-0.15, -0.1) is 11.8 Å². The van der Waals surface area contributed by atoms with Gasteiger partial charge in [-0.3, -0.25) is 14.4 Å². The number of hydrogen-bond donors (Lipinski definition) is 0. The van der Waals surface area contributed by atoms with E-state index in [1.54, 1.807) is 0 Å². The Labute approximate surface area is 170 Å². The molecule has 1 aliphatic heterocycles. The molecule has 150 valence electrons. The largest absolute Gasteiger partial charge is 0.473 e. The lowest BCUT2D eigenvalue weighted by atomic mass is 10.1. The first-order valence-corrected chi connectivity index (χ1v) is 9.49. The maximum Gasteiger partial charge on any atom is 0.303 e. The Morgan fingerprint density at radius 1 is 1.14 bits per heavy atom. The number of nitriles is 1. The lowest BCUT2D eigenvalue weighted by Gasteiger charge is -2.39. The van der Waals surface area contributed by atoms with E-state index in [2.05, 4.69) is 4.98 Å².